The summed E-state index contributed by atoms with van der Waals surface area (Å²) in [6.07, 6.45) is 0.375. The first kappa shape index (κ1) is 13.1. The molecule has 0 atom stereocenters. The first-order valence-electron chi connectivity index (χ1n) is 7.12. The van der Waals surface area contributed by atoms with Crippen molar-refractivity contribution in [3.05, 3.63) is 29.3 Å². The van der Waals surface area contributed by atoms with Gasteiger partial charge in [-0.2, -0.15) is 0 Å². The number of carbonyl (C=O) groups is 2. The van der Waals surface area contributed by atoms with Crippen molar-refractivity contribution in [2.24, 2.45) is 0 Å². The van der Waals surface area contributed by atoms with Gasteiger partial charge in [0.25, 0.3) is 5.91 Å². The molecule has 2 amide bonds. The van der Waals surface area contributed by atoms with Crippen LogP contribution in [0.1, 0.15) is 22.8 Å². The molecular formula is C15H19N3O2. The molecule has 1 aromatic carbocycles. The number of nitrogens with one attached hydrogen (secondary N) is 1. The average molecular weight is 273 g/mol. The number of rotatable bonds is 2. The van der Waals surface area contributed by atoms with Crippen LogP contribution in [-0.4, -0.2) is 54.3 Å². The molecule has 0 unspecified atom stereocenters. The molecule has 1 saturated heterocycles. The number of anilines is 1. The smallest absolute Gasteiger partial charge is 0.253 e. The molecule has 2 aliphatic heterocycles. The van der Waals surface area contributed by atoms with Gasteiger partial charge in [-0.05, 0) is 30.3 Å². The third-order valence-electron chi connectivity index (χ3n) is 4.08. The van der Waals surface area contributed by atoms with Crippen LogP contribution in [0.5, 0.6) is 0 Å². The highest BCUT2D eigenvalue weighted by Gasteiger charge is 2.24. The Kier molecular flexibility index (Phi) is 3.44. The third-order valence-corrected chi connectivity index (χ3v) is 4.08. The molecule has 0 spiro atoms. The van der Waals surface area contributed by atoms with E-state index >= 15 is 0 Å². The van der Waals surface area contributed by atoms with Gasteiger partial charge in [-0.15, -0.1) is 0 Å². The lowest BCUT2D eigenvalue weighted by atomic mass is 10.1. The van der Waals surface area contributed by atoms with Crippen molar-refractivity contribution in [3.8, 4) is 0 Å². The molecule has 2 aliphatic rings. The van der Waals surface area contributed by atoms with Gasteiger partial charge in [0.05, 0.1) is 6.42 Å². The van der Waals surface area contributed by atoms with E-state index in [2.05, 4.69) is 17.1 Å². The van der Waals surface area contributed by atoms with Crippen LogP contribution in [0.3, 0.4) is 0 Å². The molecule has 0 aromatic heterocycles. The minimum absolute atomic E-state index is 0.00107. The van der Waals surface area contributed by atoms with Gasteiger partial charge in [0.2, 0.25) is 5.91 Å². The van der Waals surface area contributed by atoms with Gasteiger partial charge in [-0.3, -0.25) is 9.59 Å². The second-order valence-corrected chi connectivity index (χ2v) is 5.32. The lowest BCUT2D eigenvalue weighted by molar-refractivity contribution is -0.115. The van der Waals surface area contributed by atoms with Crippen molar-refractivity contribution in [3.63, 3.8) is 0 Å². The highest BCUT2D eigenvalue weighted by molar-refractivity contribution is 6.01. The summed E-state index contributed by atoms with van der Waals surface area (Å²) in [4.78, 5) is 28.1. The van der Waals surface area contributed by atoms with Crippen molar-refractivity contribution in [2.45, 2.75) is 13.3 Å². The van der Waals surface area contributed by atoms with E-state index in [1.807, 2.05) is 17.0 Å². The van der Waals surface area contributed by atoms with Crippen molar-refractivity contribution in [1.29, 1.82) is 0 Å². The van der Waals surface area contributed by atoms with Gasteiger partial charge in [0.15, 0.2) is 0 Å². The van der Waals surface area contributed by atoms with Crippen LogP contribution in [0.4, 0.5) is 5.69 Å². The Bertz CT molecular complexity index is 548. The molecule has 1 N–H and O–H groups in total. The molecule has 5 heteroatoms. The van der Waals surface area contributed by atoms with Crippen molar-refractivity contribution < 1.29 is 9.59 Å². The fourth-order valence-electron chi connectivity index (χ4n) is 2.81. The van der Waals surface area contributed by atoms with E-state index < -0.39 is 0 Å². The highest BCUT2D eigenvalue weighted by Crippen LogP contribution is 2.24. The van der Waals surface area contributed by atoms with E-state index in [0.717, 1.165) is 44.0 Å². The molecule has 5 nitrogen and oxygen atoms in total. The van der Waals surface area contributed by atoms with Crippen molar-refractivity contribution in [1.82, 2.24) is 9.80 Å². The fourth-order valence-corrected chi connectivity index (χ4v) is 2.81. The Morgan fingerprint density at radius 1 is 1.25 bits per heavy atom. The summed E-state index contributed by atoms with van der Waals surface area (Å²) in [6.45, 7) is 6.61. The summed E-state index contributed by atoms with van der Waals surface area (Å²) >= 11 is 0. The van der Waals surface area contributed by atoms with Crippen LogP contribution in [0.15, 0.2) is 18.2 Å². The topological polar surface area (TPSA) is 52.7 Å². The van der Waals surface area contributed by atoms with Gasteiger partial charge in [0, 0.05) is 37.4 Å². The van der Waals surface area contributed by atoms with Crippen LogP contribution in [0, 0.1) is 0 Å². The van der Waals surface area contributed by atoms with Gasteiger partial charge >= 0.3 is 0 Å². The molecule has 3 rings (SSSR count). The van der Waals surface area contributed by atoms with E-state index in [1.54, 1.807) is 6.07 Å². The van der Waals surface area contributed by atoms with Gasteiger partial charge in [0.1, 0.15) is 0 Å². The number of hydrogen-bond acceptors (Lipinski definition) is 3. The molecular weight excluding hydrogens is 254 g/mol. The molecule has 1 fully saturated rings. The monoisotopic (exact) mass is 273 g/mol. The summed E-state index contributed by atoms with van der Waals surface area (Å²) in [7, 11) is 0. The van der Waals surface area contributed by atoms with Crippen LogP contribution in [0.2, 0.25) is 0 Å². The molecule has 1 aromatic rings. The largest absolute Gasteiger partial charge is 0.336 e. The first-order chi connectivity index (χ1) is 9.67. The minimum Gasteiger partial charge on any atom is -0.336 e. The maximum absolute atomic E-state index is 12.5. The molecule has 0 aliphatic carbocycles. The number of likely N-dealkylation sites (N-methyl/N-ethyl adjacent to an activating group) is 1. The van der Waals surface area contributed by atoms with E-state index in [9.17, 15) is 9.59 Å². The number of piperazine rings is 1. The van der Waals surface area contributed by atoms with E-state index in [4.69, 9.17) is 0 Å². The van der Waals surface area contributed by atoms with Crippen molar-refractivity contribution >= 4 is 17.5 Å². The number of fused-ring (bicyclic) bond motifs is 1. The highest BCUT2D eigenvalue weighted by atomic mass is 16.2. The maximum atomic E-state index is 12.5. The number of hydrogen-bond donors (Lipinski definition) is 1. The number of nitrogens with zero attached hydrogens (tertiary/aromatic N) is 2. The van der Waals surface area contributed by atoms with Gasteiger partial charge in [-0.1, -0.05) is 6.92 Å². The minimum atomic E-state index is 0.00107. The Hall–Kier alpha value is -1.88. The summed E-state index contributed by atoms with van der Waals surface area (Å²) in [5.74, 6) is 0.0732. The Labute approximate surface area is 118 Å². The number of benzene rings is 1. The van der Waals surface area contributed by atoms with E-state index in [-0.39, 0.29) is 11.8 Å². The zero-order valence-electron chi connectivity index (χ0n) is 11.7. The first-order valence-corrected chi connectivity index (χ1v) is 7.12. The zero-order chi connectivity index (χ0) is 14.1. The molecule has 2 heterocycles. The average Bonchev–Trinajstić information content (AvgIpc) is 2.85. The number of amides is 2. The summed E-state index contributed by atoms with van der Waals surface area (Å²) < 4.78 is 0. The van der Waals surface area contributed by atoms with E-state index in [0.29, 0.717) is 12.0 Å². The second kappa shape index (κ2) is 5.25. The number of carbonyl (C=O) groups excluding carboxylic acids is 2. The molecule has 0 bridgehead atoms. The van der Waals surface area contributed by atoms with Crippen LogP contribution < -0.4 is 5.32 Å². The summed E-state index contributed by atoms with van der Waals surface area (Å²) in [5, 5.41) is 2.79. The zero-order valence-corrected chi connectivity index (χ0v) is 11.7. The van der Waals surface area contributed by atoms with Crippen LogP contribution in [0.25, 0.3) is 0 Å². The summed E-state index contributed by atoms with van der Waals surface area (Å²) in [5.41, 5.74) is 2.44. The molecule has 0 saturated carbocycles. The molecule has 20 heavy (non-hydrogen) atoms. The van der Waals surface area contributed by atoms with Crippen molar-refractivity contribution in [2.75, 3.05) is 38.0 Å². The third kappa shape index (κ3) is 2.41. The van der Waals surface area contributed by atoms with Crippen LogP contribution >= 0.6 is 0 Å². The SMILES string of the molecule is CCN1CCN(C(=O)c2ccc3c(c2)CC(=O)N3)CC1. The van der Waals surface area contributed by atoms with Gasteiger partial charge < -0.3 is 15.1 Å². The standard InChI is InChI=1S/C15H19N3O2/c1-2-17-5-7-18(8-6-17)15(20)11-3-4-13-12(9-11)10-14(19)16-13/h3-4,9H,2,5-8,10H2,1H3,(H,16,19). The quantitative estimate of drug-likeness (QED) is 0.873. The lowest BCUT2D eigenvalue weighted by Gasteiger charge is -2.34. The fraction of sp³-hybridized carbons (Fsp3) is 0.467. The Balaban J connectivity index is 1.72. The van der Waals surface area contributed by atoms with Crippen LogP contribution in [-0.2, 0) is 11.2 Å². The Morgan fingerprint density at radius 2 is 2.00 bits per heavy atom. The van der Waals surface area contributed by atoms with Gasteiger partial charge in [-0.25, -0.2) is 0 Å². The van der Waals surface area contributed by atoms with E-state index in [1.165, 1.54) is 0 Å². The predicted molar refractivity (Wildman–Crippen MR) is 76.8 cm³/mol. The predicted octanol–water partition coefficient (Wildman–Crippen LogP) is 0.959. The normalized spacial score (nSPS) is 18.9. The molecule has 106 valence electrons. The maximum Gasteiger partial charge on any atom is 0.253 e. The lowest BCUT2D eigenvalue weighted by Crippen LogP contribution is -2.48. The molecule has 0 radical (unpaired) electrons. The summed E-state index contributed by atoms with van der Waals surface area (Å²) in [6, 6.07) is 5.48. The Morgan fingerprint density at radius 3 is 2.70 bits per heavy atom. The second-order valence-electron chi connectivity index (χ2n) is 5.32.